The van der Waals surface area contributed by atoms with Crippen molar-refractivity contribution in [1.29, 1.82) is 0 Å². The number of amides is 2. The van der Waals surface area contributed by atoms with Gasteiger partial charge in [-0.3, -0.25) is 0 Å². The minimum Gasteiger partial charge on any atom is -0.383 e. The summed E-state index contributed by atoms with van der Waals surface area (Å²) in [5.41, 5.74) is 1.15. The average Bonchev–Trinajstić information content (AvgIpc) is 2.51. The molecule has 23 heavy (non-hydrogen) atoms. The Morgan fingerprint density at radius 1 is 1.26 bits per heavy atom. The van der Waals surface area contributed by atoms with E-state index in [-0.39, 0.29) is 18.3 Å². The molecule has 0 aliphatic rings. The number of carbonyl (C=O) groups excluding carboxylic acids is 1. The van der Waals surface area contributed by atoms with E-state index in [9.17, 15) is 13.2 Å². The van der Waals surface area contributed by atoms with Crippen LogP contribution < -0.4 is 10.5 Å². The first-order chi connectivity index (χ1) is 10.9. The number of urea groups is 1. The van der Waals surface area contributed by atoms with Crippen molar-refractivity contribution < 1.29 is 17.9 Å². The summed E-state index contributed by atoms with van der Waals surface area (Å²) in [6.45, 7) is 1.75. The van der Waals surface area contributed by atoms with Gasteiger partial charge in [-0.2, -0.15) is 0 Å². The number of hydrogen-bond donors (Lipinski definition) is 2. The molecule has 0 aliphatic heterocycles. The fourth-order valence-electron chi connectivity index (χ4n) is 2.01. The zero-order valence-corrected chi connectivity index (χ0v) is 14.2. The summed E-state index contributed by atoms with van der Waals surface area (Å²) in [5, 5.41) is 7.63. The van der Waals surface area contributed by atoms with Gasteiger partial charge in [0.15, 0.2) is 0 Å². The Morgan fingerprint density at radius 2 is 1.96 bits per heavy atom. The molecule has 0 unspecified atom stereocenters. The van der Waals surface area contributed by atoms with Crippen molar-refractivity contribution in [3.63, 3.8) is 0 Å². The summed E-state index contributed by atoms with van der Waals surface area (Å²) in [5.74, 6) is -0.143. The predicted molar refractivity (Wildman–Crippen MR) is 89.6 cm³/mol. The number of carbonyl (C=O) groups is 1. The zero-order valence-electron chi connectivity index (χ0n) is 13.4. The Kier molecular flexibility index (Phi) is 8.60. The van der Waals surface area contributed by atoms with Crippen LogP contribution in [0.3, 0.4) is 0 Å². The van der Waals surface area contributed by atoms with Gasteiger partial charge in [0.05, 0.1) is 12.4 Å². The molecule has 0 heterocycles. The Labute approximate surface area is 137 Å². The van der Waals surface area contributed by atoms with E-state index in [2.05, 4.69) is 5.32 Å². The van der Waals surface area contributed by atoms with E-state index >= 15 is 0 Å². The molecule has 8 heteroatoms. The fourth-order valence-corrected chi connectivity index (χ4v) is 2.55. The van der Waals surface area contributed by atoms with Crippen LogP contribution in [0.2, 0.25) is 0 Å². The van der Waals surface area contributed by atoms with Crippen LogP contribution in [0.25, 0.3) is 0 Å². The Balaban J connectivity index is 2.43. The number of nitrogens with two attached hydrogens (primary N) is 1. The molecule has 0 saturated carbocycles. The first-order valence-electron chi connectivity index (χ1n) is 7.48. The monoisotopic (exact) mass is 343 g/mol. The number of sulfonamides is 1. The van der Waals surface area contributed by atoms with Crippen LogP contribution in [0.15, 0.2) is 30.3 Å². The van der Waals surface area contributed by atoms with Crippen LogP contribution in [0.5, 0.6) is 0 Å². The molecule has 7 nitrogen and oxygen atoms in total. The number of ether oxygens (including phenoxy) is 1. The Bertz CT molecular complexity index is 563. The van der Waals surface area contributed by atoms with E-state index in [0.717, 1.165) is 12.0 Å². The van der Waals surface area contributed by atoms with E-state index in [1.807, 2.05) is 30.3 Å². The predicted octanol–water partition coefficient (Wildman–Crippen LogP) is 0.566. The van der Waals surface area contributed by atoms with E-state index < -0.39 is 10.0 Å². The summed E-state index contributed by atoms with van der Waals surface area (Å²) in [6.07, 6.45) is 1.04. The number of nitrogens with zero attached hydrogens (tertiary/aromatic N) is 1. The standard InChI is InChI=1S/C15H25N3O4S/c1-22-12-11-18(10-8-14-6-3-2-4-7-14)15(19)17-9-5-13-23(16,20)21/h2-4,6-7H,5,8-13H2,1H3,(H,17,19)(H2,16,20,21). The molecule has 0 aliphatic carbocycles. The first kappa shape index (κ1) is 19.4. The van der Waals surface area contributed by atoms with Crippen LogP contribution >= 0.6 is 0 Å². The number of benzene rings is 1. The normalized spacial score (nSPS) is 11.2. The molecular weight excluding hydrogens is 318 g/mol. The first-order valence-corrected chi connectivity index (χ1v) is 9.20. The van der Waals surface area contributed by atoms with Gasteiger partial charge in [-0.25, -0.2) is 18.4 Å². The van der Waals surface area contributed by atoms with E-state index in [4.69, 9.17) is 9.88 Å². The quantitative estimate of drug-likeness (QED) is 0.606. The van der Waals surface area contributed by atoms with Crippen LogP contribution in [0.1, 0.15) is 12.0 Å². The number of methoxy groups -OCH3 is 1. The molecular formula is C15H25N3O4S. The molecule has 0 fully saturated rings. The number of hydrogen-bond acceptors (Lipinski definition) is 4. The van der Waals surface area contributed by atoms with Gasteiger partial charge in [0.25, 0.3) is 0 Å². The van der Waals surface area contributed by atoms with E-state index in [1.54, 1.807) is 12.0 Å². The third-order valence-electron chi connectivity index (χ3n) is 3.25. The fraction of sp³-hybridized carbons (Fsp3) is 0.533. The average molecular weight is 343 g/mol. The summed E-state index contributed by atoms with van der Waals surface area (Å²) < 4.78 is 26.7. The van der Waals surface area contributed by atoms with Gasteiger partial charge in [0.1, 0.15) is 0 Å². The van der Waals surface area contributed by atoms with Gasteiger partial charge in [-0.05, 0) is 18.4 Å². The van der Waals surface area contributed by atoms with Crippen molar-refractivity contribution in [3.8, 4) is 0 Å². The van der Waals surface area contributed by atoms with Crippen LogP contribution in [-0.2, 0) is 21.2 Å². The molecule has 1 rings (SSSR count). The summed E-state index contributed by atoms with van der Waals surface area (Å²) in [6, 6.07) is 9.67. The van der Waals surface area contributed by atoms with Crippen molar-refractivity contribution in [2.24, 2.45) is 5.14 Å². The lowest BCUT2D eigenvalue weighted by atomic mass is 10.1. The zero-order chi connectivity index (χ0) is 17.1. The SMILES string of the molecule is COCCN(CCc1ccccc1)C(=O)NCCCS(N)(=O)=O. The summed E-state index contributed by atoms with van der Waals surface area (Å²) in [7, 11) is -1.90. The molecule has 0 atom stereocenters. The van der Waals surface area contributed by atoms with Crippen molar-refractivity contribution in [3.05, 3.63) is 35.9 Å². The van der Waals surface area contributed by atoms with Gasteiger partial charge in [-0.15, -0.1) is 0 Å². The molecule has 0 bridgehead atoms. The second-order valence-corrected chi connectivity index (χ2v) is 6.90. The van der Waals surface area contributed by atoms with Crippen LogP contribution in [0.4, 0.5) is 4.79 Å². The third-order valence-corrected chi connectivity index (χ3v) is 4.11. The molecule has 3 N–H and O–H groups in total. The Morgan fingerprint density at radius 3 is 2.57 bits per heavy atom. The molecule has 130 valence electrons. The second-order valence-electron chi connectivity index (χ2n) is 5.17. The lowest BCUT2D eigenvalue weighted by molar-refractivity contribution is 0.149. The Hall–Kier alpha value is -1.64. The highest BCUT2D eigenvalue weighted by Gasteiger charge is 2.13. The molecule has 0 aromatic heterocycles. The van der Waals surface area contributed by atoms with Gasteiger partial charge in [0.2, 0.25) is 10.0 Å². The molecule has 1 aromatic carbocycles. The minimum absolute atomic E-state index is 0.143. The van der Waals surface area contributed by atoms with Crippen molar-refractivity contribution in [2.75, 3.05) is 39.1 Å². The maximum atomic E-state index is 12.2. The highest BCUT2D eigenvalue weighted by molar-refractivity contribution is 7.89. The van der Waals surface area contributed by atoms with Gasteiger partial charge < -0.3 is 15.0 Å². The topological polar surface area (TPSA) is 102 Å². The van der Waals surface area contributed by atoms with E-state index in [0.29, 0.717) is 26.1 Å². The van der Waals surface area contributed by atoms with Gasteiger partial charge >= 0.3 is 6.03 Å². The minimum atomic E-state index is -3.49. The molecule has 1 aromatic rings. The number of nitrogens with one attached hydrogen (secondary N) is 1. The van der Waals surface area contributed by atoms with Crippen molar-refractivity contribution in [1.82, 2.24) is 10.2 Å². The summed E-state index contributed by atoms with van der Waals surface area (Å²) in [4.78, 5) is 13.8. The molecule has 2 amide bonds. The highest BCUT2D eigenvalue weighted by Crippen LogP contribution is 2.02. The van der Waals surface area contributed by atoms with Crippen molar-refractivity contribution in [2.45, 2.75) is 12.8 Å². The molecule has 0 saturated heterocycles. The second kappa shape index (κ2) is 10.2. The number of primary sulfonamides is 1. The third kappa shape index (κ3) is 9.17. The van der Waals surface area contributed by atoms with Crippen molar-refractivity contribution >= 4 is 16.1 Å². The maximum absolute atomic E-state index is 12.2. The van der Waals surface area contributed by atoms with Gasteiger partial charge in [-0.1, -0.05) is 30.3 Å². The maximum Gasteiger partial charge on any atom is 0.317 e. The highest BCUT2D eigenvalue weighted by atomic mass is 32.2. The molecule has 0 spiro atoms. The smallest absolute Gasteiger partial charge is 0.317 e. The van der Waals surface area contributed by atoms with E-state index in [1.165, 1.54) is 0 Å². The van der Waals surface area contributed by atoms with Crippen LogP contribution in [-0.4, -0.2) is 58.5 Å². The summed E-state index contributed by atoms with van der Waals surface area (Å²) >= 11 is 0. The number of rotatable bonds is 10. The largest absolute Gasteiger partial charge is 0.383 e. The van der Waals surface area contributed by atoms with Gasteiger partial charge in [0, 0.05) is 26.7 Å². The van der Waals surface area contributed by atoms with Crippen LogP contribution in [0, 0.1) is 0 Å². The molecule has 0 radical (unpaired) electrons. The lowest BCUT2D eigenvalue weighted by Gasteiger charge is -2.23. The lowest BCUT2D eigenvalue weighted by Crippen LogP contribution is -2.43.